The van der Waals surface area contributed by atoms with Gasteiger partial charge in [-0.15, -0.1) is 0 Å². The molecule has 4 N–H and O–H groups in total. The summed E-state index contributed by atoms with van der Waals surface area (Å²) in [5.74, 6) is 0. The van der Waals surface area contributed by atoms with Crippen LogP contribution in [0.5, 0.6) is 0 Å². The zero-order valence-corrected chi connectivity index (χ0v) is 11.5. The van der Waals surface area contributed by atoms with Crippen LogP contribution in [0.2, 0.25) is 12.6 Å². The molecule has 15 heavy (non-hydrogen) atoms. The minimum absolute atomic E-state index is 0.537. The van der Waals surface area contributed by atoms with E-state index in [-0.39, 0.29) is 0 Å². The van der Waals surface area contributed by atoms with Crippen molar-refractivity contribution in [1.82, 2.24) is 0 Å². The van der Waals surface area contributed by atoms with Gasteiger partial charge in [-0.05, 0) is 33.0 Å². The Morgan fingerprint density at radius 3 is 2.33 bits per heavy atom. The van der Waals surface area contributed by atoms with Crippen molar-refractivity contribution in [3.8, 4) is 0 Å². The summed E-state index contributed by atoms with van der Waals surface area (Å²) in [4.78, 5) is 0. The summed E-state index contributed by atoms with van der Waals surface area (Å²) in [7, 11) is -2.10. The Kier molecular flexibility index (Phi) is 6.62. The van der Waals surface area contributed by atoms with E-state index < -0.39 is 14.3 Å². The molecular weight excluding hydrogens is 208 g/mol. The van der Waals surface area contributed by atoms with Crippen LogP contribution >= 0.6 is 0 Å². The molecule has 0 aliphatic rings. The molecule has 2 unspecified atom stereocenters. The van der Waals surface area contributed by atoms with Crippen LogP contribution in [0.1, 0.15) is 33.6 Å². The zero-order valence-electron chi connectivity index (χ0n) is 10.5. The maximum absolute atomic E-state index is 6.03. The van der Waals surface area contributed by atoms with Gasteiger partial charge < -0.3 is 20.3 Å². The lowest BCUT2D eigenvalue weighted by molar-refractivity contribution is 0.0376. The molecule has 0 spiro atoms. The van der Waals surface area contributed by atoms with Gasteiger partial charge in [0.05, 0.1) is 0 Å². The fraction of sp³-hybridized carbons (Fsp3) is 1.00. The summed E-state index contributed by atoms with van der Waals surface area (Å²) >= 11 is 0. The molecule has 0 saturated heterocycles. The molecule has 0 bridgehead atoms. The van der Waals surface area contributed by atoms with Crippen molar-refractivity contribution in [2.45, 2.75) is 51.9 Å². The van der Waals surface area contributed by atoms with Gasteiger partial charge in [0, 0.05) is 13.0 Å². The molecule has 0 radical (unpaired) electrons. The molecule has 92 valence electrons. The Balaban J connectivity index is 4.37. The van der Waals surface area contributed by atoms with E-state index in [1.807, 2.05) is 13.8 Å². The molecule has 4 nitrogen and oxygen atoms in total. The predicted molar refractivity (Wildman–Crippen MR) is 65.7 cm³/mol. The summed E-state index contributed by atoms with van der Waals surface area (Å²) < 4.78 is 11.7. The van der Waals surface area contributed by atoms with Gasteiger partial charge in [-0.1, -0.05) is 13.3 Å². The van der Waals surface area contributed by atoms with Gasteiger partial charge in [0.2, 0.25) is 0 Å². The van der Waals surface area contributed by atoms with E-state index in [0.717, 1.165) is 12.5 Å². The fourth-order valence-electron chi connectivity index (χ4n) is 1.74. The summed E-state index contributed by atoms with van der Waals surface area (Å²) in [6.45, 7) is 9.28. The normalized spacial score (nSPS) is 19.6. The average Bonchev–Trinajstić information content (AvgIpc) is 2.02. The van der Waals surface area contributed by atoms with Gasteiger partial charge in [-0.2, -0.15) is 0 Å². The van der Waals surface area contributed by atoms with Crippen LogP contribution in [0.4, 0.5) is 0 Å². The molecule has 5 heteroatoms. The quantitative estimate of drug-likeness (QED) is 0.494. The highest BCUT2D eigenvalue weighted by Gasteiger charge is 2.36. The van der Waals surface area contributed by atoms with E-state index in [1.54, 1.807) is 0 Å². The van der Waals surface area contributed by atoms with Crippen LogP contribution in [0.3, 0.4) is 0 Å². The number of hydrogen-bond acceptors (Lipinski definition) is 4. The summed E-state index contributed by atoms with van der Waals surface area (Å²) in [5, 5.41) is 0. The van der Waals surface area contributed by atoms with E-state index in [0.29, 0.717) is 19.6 Å². The second kappa shape index (κ2) is 6.60. The van der Waals surface area contributed by atoms with Crippen molar-refractivity contribution in [1.29, 1.82) is 0 Å². The molecule has 0 aromatic carbocycles. The van der Waals surface area contributed by atoms with Crippen LogP contribution in [0.15, 0.2) is 0 Å². The van der Waals surface area contributed by atoms with E-state index in [1.165, 1.54) is 0 Å². The topological polar surface area (TPSA) is 70.5 Å². The van der Waals surface area contributed by atoms with Gasteiger partial charge in [0.1, 0.15) is 5.72 Å². The molecule has 0 rings (SSSR count). The number of hydrogen-bond donors (Lipinski definition) is 2. The third-order valence-corrected chi connectivity index (χ3v) is 5.45. The first kappa shape index (κ1) is 15.1. The third-order valence-electron chi connectivity index (χ3n) is 2.24. The largest absolute Gasteiger partial charge is 0.395 e. The second-order valence-corrected chi connectivity index (χ2v) is 7.53. The molecular formula is C10H26N2O2Si. The lowest BCUT2D eigenvalue weighted by atomic mass is 10.2. The lowest BCUT2D eigenvalue weighted by Gasteiger charge is -2.35. The van der Waals surface area contributed by atoms with Crippen molar-refractivity contribution < 1.29 is 8.85 Å². The van der Waals surface area contributed by atoms with Crippen LogP contribution in [0.25, 0.3) is 0 Å². The Hall–Kier alpha value is 0.0569. The number of nitrogens with two attached hydrogens (primary N) is 2. The fourth-order valence-corrected chi connectivity index (χ4v) is 4.66. The minimum atomic E-state index is -2.10. The standard InChI is InChI=1S/C10H26N2O2Si/c1-5-9-15(4,13-6-2)14-10(3,12)7-8-11/h5-9,11-12H2,1-4H3. The van der Waals surface area contributed by atoms with Gasteiger partial charge in [-0.3, -0.25) is 0 Å². The molecule has 0 saturated carbocycles. The smallest absolute Gasteiger partial charge is 0.336 e. The maximum Gasteiger partial charge on any atom is 0.336 e. The van der Waals surface area contributed by atoms with Crippen LogP contribution < -0.4 is 11.5 Å². The average molecular weight is 234 g/mol. The summed E-state index contributed by atoms with van der Waals surface area (Å²) in [6.07, 6.45) is 1.72. The van der Waals surface area contributed by atoms with E-state index in [9.17, 15) is 0 Å². The van der Waals surface area contributed by atoms with E-state index in [2.05, 4.69) is 13.5 Å². The van der Waals surface area contributed by atoms with Gasteiger partial charge in [0.25, 0.3) is 0 Å². The predicted octanol–water partition coefficient (Wildman–Crippen LogP) is 1.55. The molecule has 0 aromatic rings. The van der Waals surface area contributed by atoms with Crippen LogP contribution in [-0.2, 0) is 8.85 Å². The highest BCUT2D eigenvalue weighted by atomic mass is 28.4. The Bertz CT molecular complexity index is 171. The first-order chi connectivity index (χ1) is 6.89. The van der Waals surface area contributed by atoms with Crippen LogP contribution in [0, 0.1) is 0 Å². The summed E-state index contributed by atoms with van der Waals surface area (Å²) in [5.41, 5.74) is 10.9. The van der Waals surface area contributed by atoms with Gasteiger partial charge >= 0.3 is 8.56 Å². The van der Waals surface area contributed by atoms with Crippen molar-refractivity contribution >= 4 is 8.56 Å². The maximum atomic E-state index is 6.03. The lowest BCUT2D eigenvalue weighted by Crippen LogP contribution is -2.52. The monoisotopic (exact) mass is 234 g/mol. The second-order valence-electron chi connectivity index (χ2n) is 4.27. The molecule has 0 aliphatic heterocycles. The van der Waals surface area contributed by atoms with Crippen molar-refractivity contribution in [3.05, 3.63) is 0 Å². The van der Waals surface area contributed by atoms with Crippen LogP contribution in [-0.4, -0.2) is 27.4 Å². The third kappa shape index (κ3) is 6.27. The highest BCUT2D eigenvalue weighted by Crippen LogP contribution is 2.22. The minimum Gasteiger partial charge on any atom is -0.395 e. The Morgan fingerprint density at radius 2 is 1.93 bits per heavy atom. The molecule has 0 heterocycles. The number of rotatable bonds is 8. The first-order valence-electron chi connectivity index (χ1n) is 5.72. The zero-order chi connectivity index (χ0) is 11.9. The van der Waals surface area contributed by atoms with Crippen molar-refractivity contribution in [2.75, 3.05) is 13.2 Å². The van der Waals surface area contributed by atoms with E-state index in [4.69, 9.17) is 20.3 Å². The van der Waals surface area contributed by atoms with E-state index >= 15 is 0 Å². The molecule has 0 aliphatic carbocycles. The molecule has 0 aromatic heterocycles. The molecule has 0 fully saturated rings. The van der Waals surface area contributed by atoms with Gasteiger partial charge in [-0.25, -0.2) is 0 Å². The van der Waals surface area contributed by atoms with Gasteiger partial charge in [0.15, 0.2) is 0 Å². The highest BCUT2D eigenvalue weighted by molar-refractivity contribution is 6.66. The molecule has 0 amide bonds. The van der Waals surface area contributed by atoms with Crippen molar-refractivity contribution in [3.63, 3.8) is 0 Å². The molecule has 2 atom stereocenters. The Labute approximate surface area is 94.6 Å². The summed E-state index contributed by atoms with van der Waals surface area (Å²) in [6, 6.07) is 0.970. The SMILES string of the molecule is CCC[Si](C)(OCC)OC(C)(N)CCN. The Morgan fingerprint density at radius 1 is 1.33 bits per heavy atom. The first-order valence-corrected chi connectivity index (χ1v) is 8.24. The van der Waals surface area contributed by atoms with Crippen molar-refractivity contribution in [2.24, 2.45) is 11.5 Å².